The van der Waals surface area contributed by atoms with Gasteiger partial charge >= 0.3 is 6.03 Å². The lowest BCUT2D eigenvalue weighted by atomic mass is 10.2. The van der Waals surface area contributed by atoms with Crippen molar-refractivity contribution in [2.24, 2.45) is 5.92 Å². The molecule has 0 atom stereocenters. The van der Waals surface area contributed by atoms with E-state index in [1.807, 2.05) is 0 Å². The van der Waals surface area contributed by atoms with Gasteiger partial charge in [0, 0.05) is 18.8 Å². The minimum absolute atomic E-state index is 0.338. The number of urea groups is 1. The second-order valence-corrected chi connectivity index (χ2v) is 5.73. The van der Waals surface area contributed by atoms with Gasteiger partial charge < -0.3 is 9.84 Å². The van der Waals surface area contributed by atoms with Gasteiger partial charge in [-0.05, 0) is 26.7 Å². The largest absolute Gasteiger partial charge is 0.359 e. The van der Waals surface area contributed by atoms with Crippen LogP contribution in [0.5, 0.6) is 0 Å². The van der Waals surface area contributed by atoms with Crippen molar-refractivity contribution in [3.8, 4) is 0 Å². The van der Waals surface area contributed by atoms with Crippen LogP contribution in [0.3, 0.4) is 0 Å². The summed E-state index contributed by atoms with van der Waals surface area (Å²) in [7, 11) is 0. The van der Waals surface area contributed by atoms with Crippen molar-refractivity contribution < 1.29 is 9.32 Å². The van der Waals surface area contributed by atoms with Gasteiger partial charge in [0.2, 0.25) is 0 Å². The second kappa shape index (κ2) is 7.08. The third kappa shape index (κ3) is 4.41. The Hall–Kier alpha value is -2.64. The van der Waals surface area contributed by atoms with Crippen LogP contribution in [-0.2, 0) is 0 Å². The van der Waals surface area contributed by atoms with Crippen molar-refractivity contribution in [1.82, 2.24) is 20.6 Å². The number of anilines is 2. The van der Waals surface area contributed by atoms with Gasteiger partial charge in [0.25, 0.3) is 0 Å². The van der Waals surface area contributed by atoms with E-state index in [9.17, 15) is 4.79 Å². The molecule has 0 bridgehead atoms. The lowest BCUT2D eigenvalue weighted by Gasteiger charge is -2.26. The van der Waals surface area contributed by atoms with Crippen LogP contribution < -0.4 is 15.8 Å². The predicted octanol–water partition coefficient (Wildman–Crippen LogP) is 2.59. The molecule has 2 aromatic heterocycles. The topological polar surface area (TPSA) is 96.2 Å². The van der Waals surface area contributed by atoms with Crippen LogP contribution in [0.15, 0.2) is 16.8 Å². The molecule has 8 nitrogen and oxygen atoms in total. The van der Waals surface area contributed by atoms with E-state index in [1.54, 1.807) is 38.0 Å². The van der Waals surface area contributed by atoms with Crippen LogP contribution in [0.1, 0.15) is 31.1 Å². The number of hydrazine groups is 1. The van der Waals surface area contributed by atoms with E-state index in [0.717, 1.165) is 0 Å². The van der Waals surface area contributed by atoms with Gasteiger partial charge in [-0.1, -0.05) is 19.0 Å². The summed E-state index contributed by atoms with van der Waals surface area (Å²) in [5.74, 6) is 2.18. The van der Waals surface area contributed by atoms with E-state index in [-0.39, 0.29) is 6.03 Å². The molecule has 2 heterocycles. The Bertz CT molecular complexity index is 663. The van der Waals surface area contributed by atoms with Crippen LogP contribution in [0, 0.1) is 26.7 Å². The Kier molecular flexibility index (Phi) is 5.15. The molecule has 23 heavy (non-hydrogen) atoms. The maximum Gasteiger partial charge on any atom is 0.338 e. The lowest BCUT2D eigenvalue weighted by Crippen LogP contribution is -2.47. The van der Waals surface area contributed by atoms with Gasteiger partial charge in [0.1, 0.15) is 17.2 Å². The molecule has 0 saturated carbocycles. The van der Waals surface area contributed by atoms with E-state index in [1.165, 1.54) is 0 Å². The van der Waals surface area contributed by atoms with Gasteiger partial charge in [-0.3, -0.25) is 5.01 Å². The summed E-state index contributed by atoms with van der Waals surface area (Å²) >= 11 is 0. The molecule has 0 aliphatic heterocycles. The standard InChI is InChI=1S/C15H22N6O2/c1-9(2)8-21(13-6-7-16-12(5)17-13)19-15(22)18-14-10(3)20-23-11(14)4/h6-7,9H,8H2,1-5H3,(H2,18,19,22). The Morgan fingerprint density at radius 2 is 2.09 bits per heavy atom. The molecule has 2 amide bonds. The fraction of sp³-hybridized carbons (Fsp3) is 0.467. The Morgan fingerprint density at radius 3 is 2.65 bits per heavy atom. The molecule has 0 unspecified atom stereocenters. The molecule has 2 N–H and O–H groups in total. The molecule has 0 aromatic carbocycles. The highest BCUT2D eigenvalue weighted by atomic mass is 16.5. The number of hydrogen-bond acceptors (Lipinski definition) is 6. The maximum atomic E-state index is 12.3. The quantitative estimate of drug-likeness (QED) is 0.823. The molecule has 0 saturated heterocycles. The minimum atomic E-state index is -0.378. The summed E-state index contributed by atoms with van der Waals surface area (Å²) in [6, 6.07) is 1.38. The number of rotatable bonds is 5. The molecular formula is C15H22N6O2. The summed E-state index contributed by atoms with van der Waals surface area (Å²) in [5, 5.41) is 8.27. The number of nitrogens with one attached hydrogen (secondary N) is 2. The second-order valence-electron chi connectivity index (χ2n) is 5.73. The molecule has 0 fully saturated rings. The Labute approximate surface area is 135 Å². The van der Waals surface area contributed by atoms with Gasteiger partial charge in [-0.25, -0.2) is 20.2 Å². The van der Waals surface area contributed by atoms with Gasteiger partial charge in [-0.15, -0.1) is 0 Å². The molecular weight excluding hydrogens is 296 g/mol. The molecule has 124 valence electrons. The highest BCUT2D eigenvalue weighted by Gasteiger charge is 2.16. The summed E-state index contributed by atoms with van der Waals surface area (Å²) in [6.45, 7) is 10.1. The van der Waals surface area contributed by atoms with Crippen LogP contribution in [0.2, 0.25) is 0 Å². The molecule has 0 aliphatic rings. The summed E-state index contributed by atoms with van der Waals surface area (Å²) < 4.78 is 5.04. The fourth-order valence-corrected chi connectivity index (χ4v) is 2.08. The first-order valence-corrected chi connectivity index (χ1v) is 7.44. The smallest absolute Gasteiger partial charge is 0.338 e. The minimum Gasteiger partial charge on any atom is -0.359 e. The molecule has 0 radical (unpaired) electrons. The van der Waals surface area contributed by atoms with Gasteiger partial charge in [-0.2, -0.15) is 0 Å². The van der Waals surface area contributed by atoms with Crippen molar-refractivity contribution in [1.29, 1.82) is 0 Å². The summed E-state index contributed by atoms with van der Waals surface area (Å²) in [6.07, 6.45) is 1.67. The van der Waals surface area contributed by atoms with Crippen LogP contribution in [0.25, 0.3) is 0 Å². The number of carbonyl (C=O) groups is 1. The SMILES string of the molecule is Cc1nccc(N(CC(C)C)NC(=O)Nc2c(C)noc2C)n1. The lowest BCUT2D eigenvalue weighted by molar-refractivity contribution is 0.250. The third-order valence-electron chi connectivity index (χ3n) is 3.09. The van der Waals surface area contributed by atoms with Crippen molar-refractivity contribution in [2.75, 3.05) is 16.9 Å². The van der Waals surface area contributed by atoms with Gasteiger partial charge in [0.05, 0.1) is 0 Å². The highest BCUT2D eigenvalue weighted by Crippen LogP contribution is 2.18. The molecule has 0 aliphatic carbocycles. The summed E-state index contributed by atoms with van der Waals surface area (Å²) in [5.41, 5.74) is 4.01. The number of hydrogen-bond donors (Lipinski definition) is 2. The molecule has 0 spiro atoms. The summed E-state index contributed by atoms with van der Waals surface area (Å²) in [4.78, 5) is 20.7. The van der Waals surface area contributed by atoms with E-state index in [0.29, 0.717) is 41.2 Å². The fourth-order valence-electron chi connectivity index (χ4n) is 2.08. The maximum absolute atomic E-state index is 12.3. The van der Waals surface area contributed by atoms with Crippen LogP contribution in [0.4, 0.5) is 16.3 Å². The van der Waals surface area contributed by atoms with E-state index < -0.39 is 0 Å². The van der Waals surface area contributed by atoms with Crippen molar-refractivity contribution >= 4 is 17.5 Å². The average Bonchev–Trinajstić information content (AvgIpc) is 2.78. The first kappa shape index (κ1) is 16.7. The third-order valence-corrected chi connectivity index (χ3v) is 3.09. The zero-order chi connectivity index (χ0) is 17.0. The first-order chi connectivity index (χ1) is 10.9. The highest BCUT2D eigenvalue weighted by molar-refractivity contribution is 5.91. The number of amides is 2. The van der Waals surface area contributed by atoms with E-state index in [4.69, 9.17) is 4.52 Å². The number of nitrogens with zero attached hydrogens (tertiary/aromatic N) is 4. The molecule has 2 aromatic rings. The van der Waals surface area contributed by atoms with Crippen LogP contribution in [-0.4, -0.2) is 27.7 Å². The average molecular weight is 318 g/mol. The zero-order valence-corrected chi connectivity index (χ0v) is 14.0. The van der Waals surface area contributed by atoms with Crippen molar-refractivity contribution in [3.63, 3.8) is 0 Å². The first-order valence-electron chi connectivity index (χ1n) is 7.44. The van der Waals surface area contributed by atoms with Crippen molar-refractivity contribution in [3.05, 3.63) is 29.5 Å². The molecule has 8 heteroatoms. The zero-order valence-electron chi connectivity index (χ0n) is 14.0. The number of aromatic nitrogens is 3. The van der Waals surface area contributed by atoms with E-state index in [2.05, 4.69) is 39.7 Å². The number of carbonyl (C=O) groups excluding carboxylic acids is 1. The monoisotopic (exact) mass is 318 g/mol. The van der Waals surface area contributed by atoms with Crippen LogP contribution >= 0.6 is 0 Å². The Morgan fingerprint density at radius 1 is 1.35 bits per heavy atom. The predicted molar refractivity (Wildman–Crippen MR) is 87.1 cm³/mol. The van der Waals surface area contributed by atoms with E-state index >= 15 is 0 Å². The van der Waals surface area contributed by atoms with Crippen molar-refractivity contribution in [2.45, 2.75) is 34.6 Å². The normalized spacial score (nSPS) is 10.7. The molecule has 2 rings (SSSR count). The van der Waals surface area contributed by atoms with Gasteiger partial charge in [0.15, 0.2) is 11.6 Å². The number of aryl methyl sites for hydroxylation is 3. The Balaban J connectivity index is 2.13.